The number of para-hydroxylation sites is 1. The minimum Gasteiger partial charge on any atom is -0.479 e. The third kappa shape index (κ3) is 2.70. The van der Waals surface area contributed by atoms with Crippen molar-refractivity contribution in [2.24, 2.45) is 0 Å². The number of rotatable bonds is 4. The van der Waals surface area contributed by atoms with Gasteiger partial charge >= 0.3 is 5.97 Å². The van der Waals surface area contributed by atoms with Crippen LogP contribution in [0.5, 0.6) is 0 Å². The predicted octanol–water partition coefficient (Wildman–Crippen LogP) is 4.17. The number of carbonyl (C=O) groups is 1. The normalized spacial score (nSPS) is 13.6. The molecule has 3 nitrogen and oxygen atoms in total. The molecule has 1 atom stereocenters. The average Bonchev–Trinajstić information content (AvgIpc) is 2.41. The number of hydrogen-bond acceptors (Lipinski definition) is 2. The largest absolute Gasteiger partial charge is 0.479 e. The first kappa shape index (κ1) is 14.6. The molecular formula is C16H16BrNO2. The topological polar surface area (TPSA) is 49.3 Å². The lowest BCUT2D eigenvalue weighted by Gasteiger charge is -2.29. The van der Waals surface area contributed by atoms with Crippen molar-refractivity contribution in [2.45, 2.75) is 19.4 Å². The number of aryl methyl sites for hydroxylation is 1. The Kier molecular flexibility index (Phi) is 4.14. The van der Waals surface area contributed by atoms with Gasteiger partial charge in [-0.05, 0) is 31.5 Å². The molecule has 4 heteroatoms. The summed E-state index contributed by atoms with van der Waals surface area (Å²) in [6.07, 6.45) is 0. The van der Waals surface area contributed by atoms with Crippen LogP contribution in [0.25, 0.3) is 0 Å². The van der Waals surface area contributed by atoms with E-state index in [-0.39, 0.29) is 0 Å². The minimum atomic E-state index is -1.20. The van der Waals surface area contributed by atoms with Gasteiger partial charge in [0.25, 0.3) is 0 Å². The molecule has 0 aliphatic heterocycles. The van der Waals surface area contributed by atoms with Crippen LogP contribution in [0.2, 0.25) is 0 Å². The third-order valence-electron chi connectivity index (χ3n) is 3.37. The van der Waals surface area contributed by atoms with Crippen LogP contribution in [0.4, 0.5) is 5.69 Å². The lowest BCUT2D eigenvalue weighted by Crippen LogP contribution is -2.41. The van der Waals surface area contributed by atoms with E-state index in [2.05, 4.69) is 21.2 Å². The number of nitrogens with one attached hydrogen (secondary N) is 1. The Morgan fingerprint density at radius 1 is 1.15 bits per heavy atom. The van der Waals surface area contributed by atoms with Gasteiger partial charge in [-0.15, -0.1) is 0 Å². The molecule has 0 aliphatic carbocycles. The highest BCUT2D eigenvalue weighted by atomic mass is 79.9. The van der Waals surface area contributed by atoms with Gasteiger partial charge in [0.05, 0.1) is 0 Å². The Morgan fingerprint density at radius 2 is 1.75 bits per heavy atom. The van der Waals surface area contributed by atoms with Gasteiger partial charge in [0.2, 0.25) is 0 Å². The summed E-state index contributed by atoms with van der Waals surface area (Å²) in [4.78, 5) is 11.8. The molecule has 20 heavy (non-hydrogen) atoms. The molecule has 0 aromatic heterocycles. The van der Waals surface area contributed by atoms with Crippen LogP contribution >= 0.6 is 15.9 Å². The molecule has 0 amide bonds. The molecule has 0 radical (unpaired) electrons. The molecule has 0 fully saturated rings. The van der Waals surface area contributed by atoms with E-state index in [0.29, 0.717) is 5.56 Å². The second-order valence-electron chi connectivity index (χ2n) is 4.85. The van der Waals surface area contributed by atoms with E-state index >= 15 is 0 Å². The standard InChI is InChI=1S/C16H16BrNO2/c1-11-7-3-6-10-14(11)18-16(2,15(19)20)12-8-4-5-9-13(12)17/h3-10,18H,1-2H3,(H,19,20). The zero-order valence-electron chi connectivity index (χ0n) is 11.4. The molecule has 2 aromatic carbocycles. The summed E-state index contributed by atoms with van der Waals surface area (Å²) in [7, 11) is 0. The number of carboxylic acid groups (broad SMARTS) is 1. The van der Waals surface area contributed by atoms with Crippen LogP contribution < -0.4 is 5.32 Å². The Balaban J connectivity index is 2.49. The van der Waals surface area contributed by atoms with Crippen LogP contribution in [0.15, 0.2) is 53.0 Å². The third-order valence-corrected chi connectivity index (χ3v) is 4.06. The summed E-state index contributed by atoms with van der Waals surface area (Å²) in [5.74, 6) is -0.923. The van der Waals surface area contributed by atoms with Crippen LogP contribution in [0.3, 0.4) is 0 Å². The summed E-state index contributed by atoms with van der Waals surface area (Å²) in [5, 5.41) is 12.8. The van der Waals surface area contributed by atoms with Crippen LogP contribution in [0, 0.1) is 6.92 Å². The Hall–Kier alpha value is -1.81. The number of hydrogen-bond donors (Lipinski definition) is 2. The van der Waals surface area contributed by atoms with Crippen LogP contribution in [-0.2, 0) is 10.3 Å². The monoisotopic (exact) mass is 333 g/mol. The van der Waals surface area contributed by atoms with Crippen molar-refractivity contribution < 1.29 is 9.90 Å². The maximum atomic E-state index is 11.8. The molecule has 2 N–H and O–H groups in total. The summed E-state index contributed by atoms with van der Waals surface area (Å²) in [5.41, 5.74) is 1.31. The lowest BCUT2D eigenvalue weighted by atomic mass is 9.91. The Bertz CT molecular complexity index is 642. The summed E-state index contributed by atoms with van der Waals surface area (Å²) in [6, 6.07) is 15.0. The van der Waals surface area contributed by atoms with Crippen molar-refractivity contribution in [2.75, 3.05) is 5.32 Å². The lowest BCUT2D eigenvalue weighted by molar-refractivity contribution is -0.142. The zero-order valence-corrected chi connectivity index (χ0v) is 12.9. The van der Waals surface area contributed by atoms with Gasteiger partial charge in [-0.25, -0.2) is 4.79 Å². The molecular weight excluding hydrogens is 318 g/mol. The first-order chi connectivity index (χ1) is 9.45. The van der Waals surface area contributed by atoms with Crippen molar-refractivity contribution in [3.05, 3.63) is 64.1 Å². The molecule has 2 aromatic rings. The zero-order chi connectivity index (χ0) is 14.8. The first-order valence-electron chi connectivity index (χ1n) is 6.27. The Morgan fingerprint density at radius 3 is 2.35 bits per heavy atom. The molecule has 0 bridgehead atoms. The number of aliphatic carboxylic acids is 1. The van der Waals surface area contributed by atoms with E-state index in [9.17, 15) is 9.90 Å². The van der Waals surface area contributed by atoms with Crippen molar-refractivity contribution in [1.82, 2.24) is 0 Å². The summed E-state index contributed by atoms with van der Waals surface area (Å²) >= 11 is 3.43. The van der Waals surface area contributed by atoms with Gasteiger partial charge in [-0.1, -0.05) is 52.3 Å². The van der Waals surface area contributed by atoms with E-state index in [1.165, 1.54) is 0 Å². The fourth-order valence-corrected chi connectivity index (χ4v) is 2.77. The number of benzene rings is 2. The fraction of sp³-hybridized carbons (Fsp3) is 0.188. The SMILES string of the molecule is Cc1ccccc1NC(C)(C(=O)O)c1ccccc1Br. The van der Waals surface area contributed by atoms with Crippen LogP contribution in [0.1, 0.15) is 18.1 Å². The highest BCUT2D eigenvalue weighted by Crippen LogP contribution is 2.32. The summed E-state index contributed by atoms with van der Waals surface area (Å²) < 4.78 is 0.769. The maximum absolute atomic E-state index is 11.8. The van der Waals surface area contributed by atoms with Crippen molar-refractivity contribution in [3.63, 3.8) is 0 Å². The Labute approximate surface area is 126 Å². The fourth-order valence-electron chi connectivity index (χ4n) is 2.09. The van der Waals surface area contributed by atoms with Crippen molar-refractivity contribution in [1.29, 1.82) is 0 Å². The molecule has 104 valence electrons. The number of carboxylic acids is 1. The van der Waals surface area contributed by atoms with Crippen LogP contribution in [-0.4, -0.2) is 11.1 Å². The van der Waals surface area contributed by atoms with E-state index < -0.39 is 11.5 Å². The molecule has 1 unspecified atom stereocenters. The maximum Gasteiger partial charge on any atom is 0.333 e. The van der Waals surface area contributed by atoms with Gasteiger partial charge in [0.1, 0.15) is 0 Å². The first-order valence-corrected chi connectivity index (χ1v) is 7.06. The molecule has 0 saturated heterocycles. The van der Waals surface area contributed by atoms with E-state index in [4.69, 9.17) is 0 Å². The molecule has 0 spiro atoms. The van der Waals surface area contributed by atoms with Gasteiger partial charge in [-0.3, -0.25) is 0 Å². The van der Waals surface area contributed by atoms with Crippen molar-refractivity contribution >= 4 is 27.6 Å². The van der Waals surface area contributed by atoms with Gasteiger partial charge < -0.3 is 10.4 Å². The molecule has 2 rings (SSSR count). The molecule has 0 saturated carbocycles. The van der Waals surface area contributed by atoms with Gasteiger partial charge in [-0.2, -0.15) is 0 Å². The minimum absolute atomic E-state index is 0.691. The summed E-state index contributed by atoms with van der Waals surface area (Å²) in [6.45, 7) is 3.62. The number of anilines is 1. The molecule has 0 heterocycles. The smallest absolute Gasteiger partial charge is 0.333 e. The van der Waals surface area contributed by atoms with E-state index in [1.54, 1.807) is 6.92 Å². The highest BCUT2D eigenvalue weighted by Gasteiger charge is 2.36. The quantitative estimate of drug-likeness (QED) is 0.882. The van der Waals surface area contributed by atoms with E-state index in [0.717, 1.165) is 15.7 Å². The van der Waals surface area contributed by atoms with E-state index in [1.807, 2.05) is 55.5 Å². The number of halogens is 1. The van der Waals surface area contributed by atoms with Crippen molar-refractivity contribution in [3.8, 4) is 0 Å². The highest BCUT2D eigenvalue weighted by molar-refractivity contribution is 9.10. The molecule has 0 aliphatic rings. The van der Waals surface area contributed by atoms with Gasteiger partial charge in [0.15, 0.2) is 5.54 Å². The van der Waals surface area contributed by atoms with Gasteiger partial charge in [0, 0.05) is 15.7 Å². The second-order valence-corrected chi connectivity index (χ2v) is 5.70. The average molecular weight is 334 g/mol. The predicted molar refractivity (Wildman–Crippen MR) is 83.9 cm³/mol. The second kappa shape index (κ2) is 5.67.